The molecule has 0 spiro atoms. The fourth-order valence-electron chi connectivity index (χ4n) is 3.19. The number of rotatable bonds is 5. The maximum Gasteiger partial charge on any atom is 0.251 e. The zero-order chi connectivity index (χ0) is 16.2. The molecule has 6 heteroatoms. The van der Waals surface area contributed by atoms with Crippen molar-refractivity contribution in [3.8, 4) is 5.69 Å². The first-order valence-electron chi connectivity index (χ1n) is 8.07. The van der Waals surface area contributed by atoms with Crippen LogP contribution in [0.15, 0.2) is 30.9 Å². The summed E-state index contributed by atoms with van der Waals surface area (Å²) in [5, 5.41) is 17.1. The normalized spacial score (nSPS) is 16.4. The van der Waals surface area contributed by atoms with Gasteiger partial charge in [-0.2, -0.15) is 5.10 Å². The van der Waals surface area contributed by atoms with Gasteiger partial charge in [-0.15, -0.1) is 0 Å². The third-order valence-corrected chi connectivity index (χ3v) is 4.54. The lowest BCUT2D eigenvalue weighted by Crippen LogP contribution is -2.35. The summed E-state index contributed by atoms with van der Waals surface area (Å²) in [5.74, 6) is 0.169. The average Bonchev–Trinajstić information content (AvgIpc) is 3.25. The maximum atomic E-state index is 12.3. The van der Waals surface area contributed by atoms with Crippen molar-refractivity contribution in [3.05, 3.63) is 42.0 Å². The van der Waals surface area contributed by atoms with Crippen LogP contribution in [0.25, 0.3) is 5.69 Å². The van der Waals surface area contributed by atoms with E-state index < -0.39 is 6.10 Å². The molecule has 1 aromatic carbocycles. The third kappa shape index (κ3) is 3.59. The van der Waals surface area contributed by atoms with Crippen LogP contribution in [0, 0.1) is 12.8 Å². The Kier molecular flexibility index (Phi) is 4.71. The summed E-state index contributed by atoms with van der Waals surface area (Å²) in [6.45, 7) is 2.24. The molecule has 1 amide bonds. The van der Waals surface area contributed by atoms with Crippen molar-refractivity contribution in [1.82, 2.24) is 20.1 Å². The number of carbonyl (C=O) groups excluding carboxylic acids is 1. The average molecular weight is 314 g/mol. The lowest BCUT2D eigenvalue weighted by molar-refractivity contribution is 0.0840. The van der Waals surface area contributed by atoms with E-state index in [1.54, 1.807) is 17.1 Å². The van der Waals surface area contributed by atoms with Crippen molar-refractivity contribution in [3.63, 3.8) is 0 Å². The molecule has 2 N–H and O–H groups in total. The zero-order valence-electron chi connectivity index (χ0n) is 13.3. The number of benzene rings is 1. The second-order valence-electron chi connectivity index (χ2n) is 6.16. The predicted molar refractivity (Wildman–Crippen MR) is 86.4 cm³/mol. The number of nitrogens with zero attached hydrogens (tertiary/aromatic N) is 3. The van der Waals surface area contributed by atoms with Gasteiger partial charge in [0.2, 0.25) is 0 Å². The van der Waals surface area contributed by atoms with Crippen molar-refractivity contribution in [2.24, 2.45) is 5.92 Å². The van der Waals surface area contributed by atoms with Gasteiger partial charge >= 0.3 is 0 Å². The van der Waals surface area contributed by atoms with Crippen LogP contribution in [-0.4, -0.2) is 38.4 Å². The van der Waals surface area contributed by atoms with Crippen LogP contribution in [0.2, 0.25) is 0 Å². The van der Waals surface area contributed by atoms with Crippen LogP contribution in [0.5, 0.6) is 0 Å². The lowest BCUT2D eigenvalue weighted by atomic mass is 10.0. The lowest BCUT2D eigenvalue weighted by Gasteiger charge is -2.18. The van der Waals surface area contributed by atoms with Gasteiger partial charge in [0.25, 0.3) is 5.91 Å². The summed E-state index contributed by atoms with van der Waals surface area (Å²) in [7, 11) is 0. The van der Waals surface area contributed by atoms with Crippen LogP contribution in [0.1, 0.15) is 41.6 Å². The van der Waals surface area contributed by atoms with E-state index in [4.69, 9.17) is 0 Å². The number of aliphatic hydroxyl groups excluding tert-OH is 1. The Balaban J connectivity index is 1.62. The summed E-state index contributed by atoms with van der Waals surface area (Å²) < 4.78 is 1.67. The van der Waals surface area contributed by atoms with Crippen molar-refractivity contribution in [2.75, 3.05) is 6.54 Å². The molecule has 2 aromatic rings. The molecule has 0 radical (unpaired) electrons. The number of carbonyl (C=O) groups is 1. The Labute approximate surface area is 135 Å². The molecule has 0 aliphatic heterocycles. The SMILES string of the molecule is Cc1cc(C(=O)NCC(O)C2CCCC2)ccc1-n1cncn1. The fraction of sp³-hybridized carbons (Fsp3) is 0.471. The molecule has 1 atom stereocenters. The van der Waals surface area contributed by atoms with E-state index >= 15 is 0 Å². The van der Waals surface area contributed by atoms with Crippen molar-refractivity contribution in [2.45, 2.75) is 38.7 Å². The minimum atomic E-state index is -0.447. The maximum absolute atomic E-state index is 12.3. The van der Waals surface area contributed by atoms with Gasteiger partial charge < -0.3 is 10.4 Å². The predicted octanol–water partition coefficient (Wildman–Crippen LogP) is 1.86. The number of hydrogen-bond acceptors (Lipinski definition) is 4. The summed E-state index contributed by atoms with van der Waals surface area (Å²) in [6, 6.07) is 5.45. The van der Waals surface area contributed by atoms with E-state index in [1.807, 2.05) is 19.1 Å². The van der Waals surface area contributed by atoms with Crippen molar-refractivity contribution in [1.29, 1.82) is 0 Å². The van der Waals surface area contributed by atoms with Gasteiger partial charge in [-0.05, 0) is 49.4 Å². The molecular formula is C17H22N4O2. The fourth-order valence-corrected chi connectivity index (χ4v) is 3.19. The van der Waals surface area contributed by atoms with Crippen LogP contribution >= 0.6 is 0 Å². The molecule has 1 fully saturated rings. The molecule has 1 saturated carbocycles. The van der Waals surface area contributed by atoms with Crippen LogP contribution in [0.3, 0.4) is 0 Å². The molecule has 6 nitrogen and oxygen atoms in total. The van der Waals surface area contributed by atoms with Crippen LogP contribution < -0.4 is 5.32 Å². The number of nitrogens with one attached hydrogen (secondary N) is 1. The Morgan fingerprint density at radius 2 is 2.22 bits per heavy atom. The van der Waals surface area contributed by atoms with Crippen molar-refractivity contribution < 1.29 is 9.90 Å². The van der Waals surface area contributed by atoms with E-state index in [0.717, 1.165) is 24.1 Å². The minimum absolute atomic E-state index is 0.157. The van der Waals surface area contributed by atoms with Gasteiger partial charge in [0.15, 0.2) is 0 Å². The van der Waals surface area contributed by atoms with Gasteiger partial charge in [0.05, 0.1) is 11.8 Å². The van der Waals surface area contributed by atoms with E-state index in [9.17, 15) is 9.90 Å². The second-order valence-corrected chi connectivity index (χ2v) is 6.16. The first-order chi connectivity index (χ1) is 11.1. The minimum Gasteiger partial charge on any atom is -0.391 e. The molecule has 0 saturated heterocycles. The number of aromatic nitrogens is 3. The van der Waals surface area contributed by atoms with E-state index in [2.05, 4.69) is 15.4 Å². The highest BCUT2D eigenvalue weighted by Gasteiger charge is 2.23. The summed E-state index contributed by atoms with van der Waals surface area (Å²) >= 11 is 0. The molecule has 1 unspecified atom stereocenters. The molecular weight excluding hydrogens is 292 g/mol. The zero-order valence-corrected chi connectivity index (χ0v) is 13.3. The first kappa shape index (κ1) is 15.7. The number of aryl methyl sites for hydroxylation is 1. The van der Waals surface area contributed by atoms with Crippen molar-refractivity contribution >= 4 is 5.91 Å². The topological polar surface area (TPSA) is 80.0 Å². The number of amides is 1. The highest BCUT2D eigenvalue weighted by Crippen LogP contribution is 2.27. The Morgan fingerprint density at radius 1 is 1.43 bits per heavy atom. The highest BCUT2D eigenvalue weighted by molar-refractivity contribution is 5.94. The number of aliphatic hydroxyl groups is 1. The second kappa shape index (κ2) is 6.91. The molecule has 0 bridgehead atoms. The summed E-state index contributed by atoms with van der Waals surface area (Å²) in [6.07, 6.45) is 7.13. The van der Waals surface area contributed by atoms with Gasteiger partial charge in [-0.25, -0.2) is 9.67 Å². The smallest absolute Gasteiger partial charge is 0.251 e. The monoisotopic (exact) mass is 314 g/mol. The highest BCUT2D eigenvalue weighted by atomic mass is 16.3. The Morgan fingerprint density at radius 3 is 2.87 bits per heavy atom. The quantitative estimate of drug-likeness (QED) is 0.883. The van der Waals surface area contributed by atoms with E-state index in [1.165, 1.54) is 19.2 Å². The molecule has 1 aromatic heterocycles. The van der Waals surface area contributed by atoms with Gasteiger partial charge in [0, 0.05) is 12.1 Å². The first-order valence-corrected chi connectivity index (χ1v) is 8.07. The molecule has 1 aliphatic rings. The van der Waals surface area contributed by atoms with Gasteiger partial charge in [0.1, 0.15) is 12.7 Å². The third-order valence-electron chi connectivity index (χ3n) is 4.54. The Hall–Kier alpha value is -2.21. The van der Waals surface area contributed by atoms with Gasteiger partial charge in [-0.3, -0.25) is 4.79 Å². The Bertz CT molecular complexity index is 663. The molecule has 122 valence electrons. The van der Waals surface area contributed by atoms with Crippen LogP contribution in [0.4, 0.5) is 0 Å². The largest absolute Gasteiger partial charge is 0.391 e. The molecule has 3 rings (SSSR count). The number of hydrogen-bond donors (Lipinski definition) is 2. The van der Waals surface area contributed by atoms with E-state index in [0.29, 0.717) is 18.0 Å². The standard InChI is InChI=1S/C17H22N4O2/c1-12-8-14(6-7-15(12)21-11-18-10-20-21)17(23)19-9-16(22)13-4-2-3-5-13/h6-8,10-11,13,16,22H,2-5,9H2,1H3,(H,19,23). The summed E-state index contributed by atoms with van der Waals surface area (Å²) in [4.78, 5) is 16.2. The molecule has 23 heavy (non-hydrogen) atoms. The van der Waals surface area contributed by atoms with E-state index in [-0.39, 0.29) is 5.91 Å². The summed E-state index contributed by atoms with van der Waals surface area (Å²) in [5.41, 5.74) is 2.43. The van der Waals surface area contributed by atoms with Crippen LogP contribution in [-0.2, 0) is 0 Å². The van der Waals surface area contributed by atoms with Gasteiger partial charge in [-0.1, -0.05) is 12.8 Å². The molecule has 1 aliphatic carbocycles. The molecule has 1 heterocycles.